The summed E-state index contributed by atoms with van der Waals surface area (Å²) in [7, 11) is 0. The summed E-state index contributed by atoms with van der Waals surface area (Å²) in [5.41, 5.74) is 4.83. The van der Waals surface area contributed by atoms with Crippen LogP contribution in [0.2, 0.25) is 0 Å². The van der Waals surface area contributed by atoms with Crippen molar-refractivity contribution in [3.63, 3.8) is 0 Å². The van der Waals surface area contributed by atoms with Crippen LogP contribution in [0.25, 0.3) is 11.0 Å². The van der Waals surface area contributed by atoms with E-state index in [1.807, 2.05) is 31.2 Å². The van der Waals surface area contributed by atoms with Crippen LogP contribution < -0.4 is 5.32 Å². The quantitative estimate of drug-likeness (QED) is 0.613. The van der Waals surface area contributed by atoms with Gasteiger partial charge in [-0.15, -0.1) is 0 Å². The fraction of sp³-hybridized carbons (Fsp3) is 0.318. The van der Waals surface area contributed by atoms with Crippen molar-refractivity contribution in [3.8, 4) is 0 Å². The van der Waals surface area contributed by atoms with Gasteiger partial charge in [0.05, 0.1) is 0 Å². The van der Waals surface area contributed by atoms with Gasteiger partial charge in [0.1, 0.15) is 5.58 Å². The third kappa shape index (κ3) is 3.19. The summed E-state index contributed by atoms with van der Waals surface area (Å²) in [4.78, 5) is 12.9. The number of amides is 1. The van der Waals surface area contributed by atoms with Crippen LogP contribution in [0.4, 0.5) is 5.69 Å². The standard InChI is InChI=1S/C22H25NO2/c1-13(2)16-10-8-11-17(14(3)4)20(16)23-22(24)21-15(5)18-9-6-7-12-19(18)25-21/h6-14H,1-5H3,(H,23,24). The normalized spacial score (nSPS) is 11.5. The smallest absolute Gasteiger partial charge is 0.291 e. The highest BCUT2D eigenvalue weighted by molar-refractivity contribution is 6.07. The molecule has 1 aromatic heterocycles. The molecule has 3 heteroatoms. The number of fused-ring (bicyclic) bond motifs is 1. The Balaban J connectivity index is 2.04. The van der Waals surface area contributed by atoms with Crippen molar-refractivity contribution in [3.05, 3.63) is 64.9 Å². The lowest BCUT2D eigenvalue weighted by Crippen LogP contribution is -2.16. The molecular formula is C22H25NO2. The highest BCUT2D eigenvalue weighted by Crippen LogP contribution is 2.33. The zero-order valence-corrected chi connectivity index (χ0v) is 15.5. The highest BCUT2D eigenvalue weighted by atomic mass is 16.3. The van der Waals surface area contributed by atoms with Gasteiger partial charge in [-0.05, 0) is 36.0 Å². The number of hydrogen-bond donors (Lipinski definition) is 1. The van der Waals surface area contributed by atoms with Crippen LogP contribution in [0.15, 0.2) is 46.9 Å². The second-order valence-electron chi connectivity index (χ2n) is 7.13. The fourth-order valence-corrected chi connectivity index (χ4v) is 3.26. The number of nitrogens with one attached hydrogen (secondary N) is 1. The van der Waals surface area contributed by atoms with E-state index in [0.29, 0.717) is 17.6 Å². The second kappa shape index (κ2) is 6.75. The molecular weight excluding hydrogens is 310 g/mol. The van der Waals surface area contributed by atoms with Crippen molar-refractivity contribution < 1.29 is 9.21 Å². The van der Waals surface area contributed by atoms with E-state index in [4.69, 9.17) is 4.42 Å². The number of hydrogen-bond acceptors (Lipinski definition) is 2. The van der Waals surface area contributed by atoms with E-state index in [0.717, 1.165) is 33.3 Å². The van der Waals surface area contributed by atoms with E-state index in [2.05, 4.69) is 51.2 Å². The summed E-state index contributed by atoms with van der Waals surface area (Å²) < 4.78 is 5.82. The maximum atomic E-state index is 12.9. The number of anilines is 1. The lowest BCUT2D eigenvalue weighted by molar-refractivity contribution is 0.0997. The Labute approximate surface area is 149 Å². The van der Waals surface area contributed by atoms with Crippen molar-refractivity contribution in [1.82, 2.24) is 0 Å². The average Bonchev–Trinajstić information content (AvgIpc) is 2.92. The van der Waals surface area contributed by atoms with E-state index in [1.54, 1.807) is 0 Å². The SMILES string of the molecule is Cc1c(C(=O)Nc2c(C(C)C)cccc2C(C)C)oc2ccccc12. The van der Waals surface area contributed by atoms with Gasteiger partial charge in [-0.1, -0.05) is 64.1 Å². The molecule has 0 radical (unpaired) electrons. The molecule has 25 heavy (non-hydrogen) atoms. The van der Waals surface area contributed by atoms with Crippen molar-refractivity contribution >= 4 is 22.6 Å². The number of furan rings is 1. The predicted molar refractivity (Wildman–Crippen MR) is 104 cm³/mol. The summed E-state index contributed by atoms with van der Waals surface area (Å²) in [5.74, 6) is 0.842. The molecule has 3 nitrogen and oxygen atoms in total. The molecule has 1 amide bonds. The third-order valence-corrected chi connectivity index (χ3v) is 4.66. The van der Waals surface area contributed by atoms with Gasteiger partial charge in [-0.2, -0.15) is 0 Å². The minimum absolute atomic E-state index is 0.191. The molecule has 0 saturated carbocycles. The Kier molecular flexibility index (Phi) is 4.67. The molecule has 1 heterocycles. The summed E-state index contributed by atoms with van der Waals surface area (Å²) in [5, 5.41) is 4.11. The fourth-order valence-electron chi connectivity index (χ4n) is 3.26. The van der Waals surface area contributed by atoms with Gasteiger partial charge in [-0.25, -0.2) is 0 Å². The Morgan fingerprint density at radius 2 is 1.52 bits per heavy atom. The van der Waals surface area contributed by atoms with Gasteiger partial charge < -0.3 is 9.73 Å². The van der Waals surface area contributed by atoms with Crippen LogP contribution in [0.3, 0.4) is 0 Å². The Morgan fingerprint density at radius 3 is 2.08 bits per heavy atom. The summed E-state index contributed by atoms with van der Waals surface area (Å²) in [6.45, 7) is 10.5. The summed E-state index contributed by atoms with van der Waals surface area (Å²) in [6, 6.07) is 14.0. The molecule has 0 bridgehead atoms. The van der Waals surface area contributed by atoms with Crippen LogP contribution in [0.1, 0.15) is 66.8 Å². The molecule has 0 saturated heterocycles. The van der Waals surface area contributed by atoms with Crippen LogP contribution in [0, 0.1) is 6.92 Å². The molecule has 0 aliphatic rings. The number of carbonyl (C=O) groups excluding carboxylic acids is 1. The van der Waals surface area contributed by atoms with Crippen molar-refractivity contribution in [1.29, 1.82) is 0 Å². The zero-order chi connectivity index (χ0) is 18.1. The van der Waals surface area contributed by atoms with Crippen molar-refractivity contribution in [2.45, 2.75) is 46.5 Å². The maximum Gasteiger partial charge on any atom is 0.291 e. The minimum Gasteiger partial charge on any atom is -0.451 e. The first kappa shape index (κ1) is 17.3. The monoisotopic (exact) mass is 335 g/mol. The Bertz CT molecular complexity index is 893. The van der Waals surface area contributed by atoms with E-state index in [1.165, 1.54) is 0 Å². The largest absolute Gasteiger partial charge is 0.451 e. The molecule has 2 aromatic carbocycles. The predicted octanol–water partition coefficient (Wildman–Crippen LogP) is 6.24. The van der Waals surface area contributed by atoms with Crippen molar-refractivity contribution in [2.75, 3.05) is 5.32 Å². The van der Waals surface area contributed by atoms with Gasteiger partial charge in [0.25, 0.3) is 5.91 Å². The van der Waals surface area contributed by atoms with Crippen LogP contribution >= 0.6 is 0 Å². The number of aryl methyl sites for hydroxylation is 1. The molecule has 0 spiro atoms. The summed E-state index contributed by atoms with van der Waals surface area (Å²) in [6.07, 6.45) is 0. The molecule has 0 aliphatic carbocycles. The number of carbonyl (C=O) groups is 1. The molecule has 3 rings (SSSR count). The number of rotatable bonds is 4. The first-order chi connectivity index (χ1) is 11.9. The average molecular weight is 335 g/mol. The van der Waals surface area contributed by atoms with Gasteiger partial charge >= 0.3 is 0 Å². The van der Waals surface area contributed by atoms with Crippen LogP contribution in [-0.4, -0.2) is 5.91 Å². The Morgan fingerprint density at radius 1 is 0.920 bits per heavy atom. The van der Waals surface area contributed by atoms with Crippen LogP contribution in [-0.2, 0) is 0 Å². The first-order valence-electron chi connectivity index (χ1n) is 8.82. The number of para-hydroxylation sites is 2. The molecule has 0 aliphatic heterocycles. The van der Waals surface area contributed by atoms with Crippen molar-refractivity contribution in [2.24, 2.45) is 0 Å². The van der Waals surface area contributed by atoms with E-state index in [-0.39, 0.29) is 5.91 Å². The lowest BCUT2D eigenvalue weighted by atomic mass is 9.92. The first-order valence-corrected chi connectivity index (χ1v) is 8.82. The van der Waals surface area contributed by atoms with E-state index >= 15 is 0 Å². The van der Waals surface area contributed by atoms with Gasteiger partial charge in [0.15, 0.2) is 5.76 Å². The van der Waals surface area contributed by atoms with E-state index in [9.17, 15) is 4.79 Å². The third-order valence-electron chi connectivity index (χ3n) is 4.66. The molecule has 130 valence electrons. The molecule has 0 unspecified atom stereocenters. The maximum absolute atomic E-state index is 12.9. The van der Waals surface area contributed by atoms with Gasteiger partial charge in [0, 0.05) is 16.6 Å². The molecule has 0 fully saturated rings. The number of benzene rings is 2. The minimum atomic E-state index is -0.191. The second-order valence-corrected chi connectivity index (χ2v) is 7.13. The van der Waals surface area contributed by atoms with Gasteiger partial charge in [-0.3, -0.25) is 4.79 Å². The molecule has 3 aromatic rings. The topological polar surface area (TPSA) is 42.2 Å². The Hall–Kier alpha value is -2.55. The highest BCUT2D eigenvalue weighted by Gasteiger charge is 2.21. The van der Waals surface area contributed by atoms with E-state index < -0.39 is 0 Å². The van der Waals surface area contributed by atoms with Gasteiger partial charge in [0.2, 0.25) is 0 Å². The summed E-state index contributed by atoms with van der Waals surface area (Å²) >= 11 is 0. The zero-order valence-electron chi connectivity index (χ0n) is 15.5. The molecule has 1 N–H and O–H groups in total. The lowest BCUT2D eigenvalue weighted by Gasteiger charge is -2.19. The van der Waals surface area contributed by atoms with Crippen LogP contribution in [0.5, 0.6) is 0 Å². The molecule has 0 atom stereocenters.